The third kappa shape index (κ3) is 3.53. The molecule has 3 heterocycles. The average Bonchev–Trinajstić information content (AvgIpc) is 3.47. The van der Waals surface area contributed by atoms with Gasteiger partial charge in [-0.15, -0.1) is 0 Å². The molecule has 0 atom stereocenters. The largest absolute Gasteiger partial charge is 0.489 e. The van der Waals surface area contributed by atoms with E-state index < -0.39 is 0 Å². The molecule has 3 aromatic carbocycles. The van der Waals surface area contributed by atoms with Gasteiger partial charge in [0.2, 0.25) is 0 Å². The number of hydrogen-bond acceptors (Lipinski definition) is 4. The van der Waals surface area contributed by atoms with Crippen molar-refractivity contribution in [1.82, 2.24) is 20.2 Å². The standard InChI is InChI=1S/C27H20FN5O/c28-23-7-2-1-4-18(23)15-34-19-6-3-5-17(12-19)25-14-21-20(10-11-30-27(21)31-25)16-8-9-24-22(13-16)26(29)33-32-24/h1-14H,15H2,(H,30,31)(H3,29,32,33). The molecule has 0 bridgehead atoms. The van der Waals surface area contributed by atoms with Crippen LogP contribution in [-0.2, 0) is 6.61 Å². The summed E-state index contributed by atoms with van der Waals surface area (Å²) in [5.41, 5.74) is 12.1. The van der Waals surface area contributed by atoms with Gasteiger partial charge in [-0.1, -0.05) is 36.4 Å². The molecule has 0 fully saturated rings. The van der Waals surface area contributed by atoms with Gasteiger partial charge in [-0.3, -0.25) is 5.10 Å². The van der Waals surface area contributed by atoms with Crippen LogP contribution in [0, 0.1) is 5.82 Å². The zero-order valence-corrected chi connectivity index (χ0v) is 18.0. The van der Waals surface area contributed by atoms with Gasteiger partial charge in [0.15, 0.2) is 5.82 Å². The van der Waals surface area contributed by atoms with Crippen LogP contribution in [0.3, 0.4) is 0 Å². The first-order valence-corrected chi connectivity index (χ1v) is 10.8. The number of halogens is 1. The highest BCUT2D eigenvalue weighted by atomic mass is 19.1. The van der Waals surface area contributed by atoms with Crippen molar-refractivity contribution in [3.05, 3.63) is 96.4 Å². The van der Waals surface area contributed by atoms with Gasteiger partial charge in [-0.05, 0) is 53.6 Å². The van der Waals surface area contributed by atoms with E-state index in [9.17, 15) is 4.39 Å². The summed E-state index contributed by atoms with van der Waals surface area (Å²) in [4.78, 5) is 7.93. The second-order valence-electron chi connectivity index (χ2n) is 8.08. The quantitative estimate of drug-likeness (QED) is 0.298. The maximum Gasteiger partial charge on any atom is 0.153 e. The summed E-state index contributed by atoms with van der Waals surface area (Å²) in [7, 11) is 0. The van der Waals surface area contributed by atoms with Crippen LogP contribution < -0.4 is 10.5 Å². The molecule has 0 radical (unpaired) electrons. The lowest BCUT2D eigenvalue weighted by Gasteiger charge is -2.08. The number of nitrogens with one attached hydrogen (secondary N) is 2. The van der Waals surface area contributed by atoms with E-state index in [0.717, 1.165) is 44.3 Å². The van der Waals surface area contributed by atoms with Crippen LogP contribution in [0.15, 0.2) is 85.1 Å². The average molecular weight is 449 g/mol. The minimum atomic E-state index is -0.275. The van der Waals surface area contributed by atoms with E-state index in [4.69, 9.17) is 10.5 Å². The molecule has 6 rings (SSSR count). The minimum Gasteiger partial charge on any atom is -0.489 e. The predicted octanol–water partition coefficient (Wildman–Crippen LogP) is 6.07. The third-order valence-electron chi connectivity index (χ3n) is 5.93. The first kappa shape index (κ1) is 20.0. The second-order valence-corrected chi connectivity index (χ2v) is 8.08. The number of nitrogens with two attached hydrogens (primary N) is 1. The van der Waals surface area contributed by atoms with E-state index in [1.165, 1.54) is 6.07 Å². The molecular formula is C27H20FN5O. The molecular weight excluding hydrogens is 429 g/mol. The number of rotatable bonds is 5. The first-order chi connectivity index (χ1) is 16.7. The summed E-state index contributed by atoms with van der Waals surface area (Å²) in [6.45, 7) is 0.161. The Balaban J connectivity index is 1.34. The fraction of sp³-hybridized carbons (Fsp3) is 0.0370. The van der Waals surface area contributed by atoms with Crippen LogP contribution in [0.5, 0.6) is 5.75 Å². The van der Waals surface area contributed by atoms with Gasteiger partial charge in [-0.2, -0.15) is 5.10 Å². The molecule has 6 nitrogen and oxygen atoms in total. The number of H-pyrrole nitrogens is 2. The van der Waals surface area contributed by atoms with Crippen LogP contribution in [0.2, 0.25) is 0 Å². The fourth-order valence-electron chi connectivity index (χ4n) is 4.17. The van der Waals surface area contributed by atoms with Crippen LogP contribution in [-0.4, -0.2) is 20.2 Å². The number of anilines is 1. The first-order valence-electron chi connectivity index (χ1n) is 10.8. The number of nitrogen functional groups attached to an aromatic ring is 1. The van der Waals surface area contributed by atoms with E-state index in [0.29, 0.717) is 17.1 Å². The lowest BCUT2D eigenvalue weighted by Crippen LogP contribution is -1.98. The smallest absolute Gasteiger partial charge is 0.153 e. The topological polar surface area (TPSA) is 92.6 Å². The lowest BCUT2D eigenvalue weighted by atomic mass is 10.0. The van der Waals surface area contributed by atoms with Gasteiger partial charge in [0, 0.05) is 33.8 Å². The van der Waals surface area contributed by atoms with E-state index >= 15 is 0 Å². The number of aromatic nitrogens is 4. The number of aromatic amines is 2. The minimum absolute atomic E-state index is 0.161. The van der Waals surface area contributed by atoms with Crippen molar-refractivity contribution in [3.8, 4) is 28.1 Å². The van der Waals surface area contributed by atoms with E-state index in [-0.39, 0.29) is 12.4 Å². The van der Waals surface area contributed by atoms with Gasteiger partial charge in [0.05, 0.1) is 5.52 Å². The maximum atomic E-state index is 13.9. The molecule has 166 valence electrons. The van der Waals surface area contributed by atoms with Crippen LogP contribution in [0.25, 0.3) is 44.3 Å². The third-order valence-corrected chi connectivity index (χ3v) is 5.93. The summed E-state index contributed by atoms with van der Waals surface area (Å²) in [5, 5.41) is 8.90. The zero-order chi connectivity index (χ0) is 23.1. The Bertz CT molecular complexity index is 1650. The Hall–Kier alpha value is -4.65. The molecule has 0 aliphatic heterocycles. The fourth-order valence-corrected chi connectivity index (χ4v) is 4.17. The SMILES string of the molecule is Nc1n[nH]c2ccc(-c3ccnc4[nH]c(-c5cccc(OCc6ccccc6F)c5)cc34)cc12. The lowest BCUT2D eigenvalue weighted by molar-refractivity contribution is 0.300. The molecule has 0 unspecified atom stereocenters. The van der Waals surface area contributed by atoms with E-state index in [2.05, 4.69) is 26.2 Å². The normalized spacial score (nSPS) is 11.3. The number of nitrogens with zero attached hydrogens (tertiary/aromatic N) is 2. The van der Waals surface area contributed by atoms with Gasteiger partial charge < -0.3 is 15.5 Å². The van der Waals surface area contributed by atoms with E-state index in [1.54, 1.807) is 24.4 Å². The number of fused-ring (bicyclic) bond motifs is 2. The van der Waals surface area contributed by atoms with Crippen molar-refractivity contribution < 1.29 is 9.13 Å². The number of ether oxygens (including phenoxy) is 1. The highest BCUT2D eigenvalue weighted by molar-refractivity contribution is 5.99. The monoisotopic (exact) mass is 449 g/mol. The van der Waals surface area contributed by atoms with Crippen molar-refractivity contribution >= 4 is 27.8 Å². The Morgan fingerprint density at radius 2 is 1.79 bits per heavy atom. The maximum absolute atomic E-state index is 13.9. The second kappa shape index (κ2) is 8.04. The summed E-state index contributed by atoms with van der Waals surface area (Å²) < 4.78 is 19.8. The van der Waals surface area contributed by atoms with E-state index in [1.807, 2.05) is 48.5 Å². The molecule has 0 spiro atoms. The Kier molecular flexibility index (Phi) is 4.73. The molecule has 0 aliphatic rings. The van der Waals surface area contributed by atoms with Crippen LogP contribution in [0.1, 0.15) is 5.56 Å². The van der Waals surface area contributed by atoms with Crippen molar-refractivity contribution in [1.29, 1.82) is 0 Å². The Morgan fingerprint density at radius 1 is 0.882 bits per heavy atom. The van der Waals surface area contributed by atoms with Gasteiger partial charge in [0.1, 0.15) is 23.8 Å². The molecule has 0 saturated carbocycles. The summed E-state index contributed by atoms with van der Waals surface area (Å²) in [6.07, 6.45) is 1.79. The molecule has 4 N–H and O–H groups in total. The van der Waals surface area contributed by atoms with Crippen molar-refractivity contribution in [3.63, 3.8) is 0 Å². The highest BCUT2D eigenvalue weighted by Gasteiger charge is 2.12. The van der Waals surface area contributed by atoms with Crippen LogP contribution in [0.4, 0.5) is 10.2 Å². The summed E-state index contributed by atoms with van der Waals surface area (Å²) in [6, 6.07) is 24.5. The van der Waals surface area contributed by atoms with Crippen molar-refractivity contribution in [2.45, 2.75) is 6.61 Å². The molecule has 0 aliphatic carbocycles. The predicted molar refractivity (Wildman–Crippen MR) is 132 cm³/mol. The molecule has 0 amide bonds. The number of pyridine rings is 1. The zero-order valence-electron chi connectivity index (χ0n) is 18.0. The van der Waals surface area contributed by atoms with Gasteiger partial charge >= 0.3 is 0 Å². The molecule has 34 heavy (non-hydrogen) atoms. The summed E-state index contributed by atoms with van der Waals surface area (Å²) >= 11 is 0. The Morgan fingerprint density at radius 3 is 2.71 bits per heavy atom. The highest BCUT2D eigenvalue weighted by Crippen LogP contribution is 2.34. The molecule has 6 aromatic rings. The Labute approximate surface area is 194 Å². The van der Waals surface area contributed by atoms with Crippen LogP contribution >= 0.6 is 0 Å². The summed E-state index contributed by atoms with van der Waals surface area (Å²) in [5.74, 6) is 0.862. The van der Waals surface area contributed by atoms with Gasteiger partial charge in [-0.25, -0.2) is 9.37 Å². The molecule has 0 saturated heterocycles. The van der Waals surface area contributed by atoms with Crippen molar-refractivity contribution in [2.75, 3.05) is 5.73 Å². The number of benzene rings is 3. The molecule has 7 heteroatoms. The van der Waals surface area contributed by atoms with Crippen molar-refractivity contribution in [2.24, 2.45) is 0 Å². The number of hydrogen-bond donors (Lipinski definition) is 3. The molecule has 3 aromatic heterocycles. The van der Waals surface area contributed by atoms with Gasteiger partial charge in [0.25, 0.3) is 0 Å².